The van der Waals surface area contributed by atoms with Crippen molar-refractivity contribution in [3.63, 3.8) is 0 Å². The summed E-state index contributed by atoms with van der Waals surface area (Å²) in [4.78, 5) is 0. The first-order chi connectivity index (χ1) is 10.1. The Morgan fingerprint density at radius 3 is 1.76 bits per heavy atom. The van der Waals surface area contributed by atoms with Crippen LogP contribution < -0.4 is 0 Å². The number of hydrogen-bond donors (Lipinski definition) is 2. The minimum Gasteiger partial charge on any atom is -0.508 e. The highest BCUT2D eigenvalue weighted by atomic mass is 16.3. The van der Waals surface area contributed by atoms with Gasteiger partial charge in [-0.3, -0.25) is 0 Å². The fourth-order valence-electron chi connectivity index (χ4n) is 2.88. The van der Waals surface area contributed by atoms with Gasteiger partial charge in [-0.1, -0.05) is 44.5 Å². The highest BCUT2D eigenvalue weighted by Crippen LogP contribution is 2.33. The van der Waals surface area contributed by atoms with Gasteiger partial charge in [-0.25, -0.2) is 0 Å². The van der Waals surface area contributed by atoms with Crippen molar-refractivity contribution in [3.05, 3.63) is 59.7 Å². The van der Waals surface area contributed by atoms with E-state index in [-0.39, 0.29) is 0 Å². The second kappa shape index (κ2) is 7.16. The van der Waals surface area contributed by atoms with Gasteiger partial charge in [-0.2, -0.15) is 0 Å². The molecule has 2 atom stereocenters. The molecule has 0 aliphatic carbocycles. The lowest BCUT2D eigenvalue weighted by atomic mass is 9.83. The average Bonchev–Trinajstić information content (AvgIpc) is 2.48. The van der Waals surface area contributed by atoms with E-state index in [0.29, 0.717) is 23.3 Å². The predicted molar refractivity (Wildman–Crippen MR) is 86.9 cm³/mol. The van der Waals surface area contributed by atoms with Crippen LogP contribution in [0, 0.1) is 0 Å². The summed E-state index contributed by atoms with van der Waals surface area (Å²) in [5.74, 6) is 1.57. The maximum absolute atomic E-state index is 9.43. The summed E-state index contributed by atoms with van der Waals surface area (Å²) in [6.45, 7) is 4.44. The molecule has 2 unspecified atom stereocenters. The molecule has 2 N–H and O–H groups in total. The Bertz CT molecular complexity index is 543. The number of phenols is 2. The molecular formula is C19H24O2. The largest absolute Gasteiger partial charge is 0.508 e. The van der Waals surface area contributed by atoms with Gasteiger partial charge >= 0.3 is 0 Å². The van der Waals surface area contributed by atoms with Crippen LogP contribution in [-0.4, -0.2) is 10.2 Å². The van der Waals surface area contributed by atoms with E-state index in [2.05, 4.69) is 13.8 Å². The van der Waals surface area contributed by atoms with E-state index in [1.54, 1.807) is 24.3 Å². The molecule has 0 saturated heterocycles. The van der Waals surface area contributed by atoms with Gasteiger partial charge < -0.3 is 10.2 Å². The van der Waals surface area contributed by atoms with Crippen molar-refractivity contribution in [2.75, 3.05) is 0 Å². The van der Waals surface area contributed by atoms with Gasteiger partial charge in [-0.05, 0) is 60.1 Å². The van der Waals surface area contributed by atoms with Crippen molar-refractivity contribution < 1.29 is 10.2 Å². The number of benzene rings is 2. The highest BCUT2D eigenvalue weighted by molar-refractivity contribution is 5.31. The first-order valence-corrected chi connectivity index (χ1v) is 7.68. The minimum absolute atomic E-state index is 0.314. The zero-order valence-electron chi connectivity index (χ0n) is 12.8. The summed E-state index contributed by atoms with van der Waals surface area (Å²) in [6.07, 6.45) is 3.37. The molecule has 2 nitrogen and oxygen atoms in total. The van der Waals surface area contributed by atoms with Crippen LogP contribution in [0.1, 0.15) is 56.1 Å². The van der Waals surface area contributed by atoms with Gasteiger partial charge in [0.15, 0.2) is 0 Å². The van der Waals surface area contributed by atoms with E-state index in [9.17, 15) is 10.2 Å². The van der Waals surface area contributed by atoms with Crippen LogP contribution in [0.2, 0.25) is 0 Å². The minimum atomic E-state index is 0.314. The van der Waals surface area contributed by atoms with Gasteiger partial charge in [0.2, 0.25) is 0 Å². The summed E-state index contributed by atoms with van der Waals surface area (Å²) in [5.41, 5.74) is 2.55. The van der Waals surface area contributed by atoms with E-state index >= 15 is 0 Å². The number of phenolic OH excluding ortho intramolecular Hbond substituents is 2. The molecule has 0 amide bonds. The molecule has 21 heavy (non-hydrogen) atoms. The summed E-state index contributed by atoms with van der Waals surface area (Å²) >= 11 is 0. The van der Waals surface area contributed by atoms with E-state index in [0.717, 1.165) is 19.3 Å². The van der Waals surface area contributed by atoms with Crippen LogP contribution in [0.3, 0.4) is 0 Å². The standard InChI is InChI=1S/C19H24O2/c1-3-4-17(16-7-11-19(21)12-8-16)13-14(2)15-5-9-18(20)10-6-15/h5-12,14,17,20-21H,3-4,13H2,1-2H3. The number of hydrogen-bond acceptors (Lipinski definition) is 2. The van der Waals surface area contributed by atoms with Crippen LogP contribution in [0.25, 0.3) is 0 Å². The van der Waals surface area contributed by atoms with E-state index < -0.39 is 0 Å². The average molecular weight is 284 g/mol. The van der Waals surface area contributed by atoms with Crippen molar-refractivity contribution in [1.29, 1.82) is 0 Å². The summed E-state index contributed by atoms with van der Waals surface area (Å²) in [6, 6.07) is 15.1. The first kappa shape index (κ1) is 15.4. The number of rotatable bonds is 6. The molecule has 2 aromatic carbocycles. The lowest BCUT2D eigenvalue weighted by Crippen LogP contribution is -2.04. The fourth-order valence-corrected chi connectivity index (χ4v) is 2.88. The molecule has 0 spiro atoms. The van der Waals surface area contributed by atoms with Gasteiger partial charge in [0.25, 0.3) is 0 Å². The third kappa shape index (κ3) is 4.25. The molecule has 2 rings (SSSR count). The van der Waals surface area contributed by atoms with Crippen LogP contribution in [-0.2, 0) is 0 Å². The molecule has 2 aromatic rings. The molecular weight excluding hydrogens is 260 g/mol. The number of aromatic hydroxyl groups is 2. The molecule has 0 bridgehead atoms. The Morgan fingerprint density at radius 1 is 0.810 bits per heavy atom. The Hall–Kier alpha value is -1.96. The molecule has 0 aliphatic rings. The van der Waals surface area contributed by atoms with Crippen molar-refractivity contribution in [2.45, 2.75) is 44.9 Å². The molecule has 0 aliphatic heterocycles. The van der Waals surface area contributed by atoms with Crippen molar-refractivity contribution in [3.8, 4) is 11.5 Å². The molecule has 112 valence electrons. The highest BCUT2D eigenvalue weighted by Gasteiger charge is 2.16. The maximum atomic E-state index is 9.43. The van der Waals surface area contributed by atoms with Gasteiger partial charge in [0.05, 0.1) is 0 Å². The van der Waals surface area contributed by atoms with Gasteiger partial charge in [0, 0.05) is 0 Å². The zero-order chi connectivity index (χ0) is 15.2. The summed E-state index contributed by atoms with van der Waals surface area (Å²) < 4.78 is 0. The zero-order valence-corrected chi connectivity index (χ0v) is 12.8. The van der Waals surface area contributed by atoms with E-state index in [4.69, 9.17) is 0 Å². The van der Waals surface area contributed by atoms with E-state index in [1.165, 1.54) is 11.1 Å². The third-order valence-electron chi connectivity index (χ3n) is 4.10. The molecule has 2 heteroatoms. The molecule has 0 radical (unpaired) electrons. The quantitative estimate of drug-likeness (QED) is 0.767. The van der Waals surface area contributed by atoms with Crippen LogP contribution in [0.5, 0.6) is 11.5 Å². The smallest absolute Gasteiger partial charge is 0.115 e. The normalized spacial score (nSPS) is 13.8. The Balaban J connectivity index is 2.11. The van der Waals surface area contributed by atoms with Crippen molar-refractivity contribution in [2.24, 2.45) is 0 Å². The van der Waals surface area contributed by atoms with Crippen molar-refractivity contribution in [1.82, 2.24) is 0 Å². The van der Waals surface area contributed by atoms with Gasteiger partial charge in [0.1, 0.15) is 11.5 Å². The Labute approximate surface area is 127 Å². The summed E-state index contributed by atoms with van der Waals surface area (Å²) in [7, 11) is 0. The molecule has 0 heterocycles. The SMILES string of the molecule is CCCC(CC(C)c1ccc(O)cc1)c1ccc(O)cc1. The molecule has 0 aromatic heterocycles. The molecule has 0 fully saturated rings. The lowest BCUT2D eigenvalue weighted by Gasteiger charge is -2.21. The predicted octanol–water partition coefficient (Wildman–Crippen LogP) is 5.18. The Kier molecular flexibility index (Phi) is 5.26. The van der Waals surface area contributed by atoms with Crippen LogP contribution in [0.4, 0.5) is 0 Å². The van der Waals surface area contributed by atoms with Gasteiger partial charge in [-0.15, -0.1) is 0 Å². The summed E-state index contributed by atoms with van der Waals surface area (Å²) in [5, 5.41) is 18.8. The third-order valence-corrected chi connectivity index (χ3v) is 4.10. The molecule has 0 saturated carbocycles. The first-order valence-electron chi connectivity index (χ1n) is 7.68. The fraction of sp³-hybridized carbons (Fsp3) is 0.368. The van der Waals surface area contributed by atoms with Crippen molar-refractivity contribution >= 4 is 0 Å². The Morgan fingerprint density at radius 2 is 1.29 bits per heavy atom. The maximum Gasteiger partial charge on any atom is 0.115 e. The van der Waals surface area contributed by atoms with Crippen LogP contribution >= 0.6 is 0 Å². The topological polar surface area (TPSA) is 40.5 Å². The monoisotopic (exact) mass is 284 g/mol. The van der Waals surface area contributed by atoms with Crippen LogP contribution in [0.15, 0.2) is 48.5 Å². The second-order valence-electron chi connectivity index (χ2n) is 5.81. The second-order valence-corrected chi connectivity index (χ2v) is 5.81. The lowest BCUT2D eigenvalue weighted by molar-refractivity contribution is 0.473. The van der Waals surface area contributed by atoms with E-state index in [1.807, 2.05) is 24.3 Å².